The van der Waals surface area contributed by atoms with Gasteiger partial charge in [-0.3, -0.25) is 0 Å². The van der Waals surface area contributed by atoms with Gasteiger partial charge in [-0.1, -0.05) is 50.1 Å². The molecule has 0 unspecified atom stereocenters. The Morgan fingerprint density at radius 3 is 2.32 bits per heavy atom. The molecule has 0 fully saturated rings. The standard InChI is InChI=1S/C15H15Br2NO/c1-10(18)14-7-6-13(17)8-15(14)19-9-11-2-4-12(16)5-3-11/h2-8,10H,9,18H2,1H3/t10-/m0/s1. The number of hydrogen-bond donors (Lipinski definition) is 1. The Morgan fingerprint density at radius 1 is 1.05 bits per heavy atom. The molecule has 0 amide bonds. The van der Waals surface area contributed by atoms with Crippen LogP contribution in [0.1, 0.15) is 24.1 Å². The highest BCUT2D eigenvalue weighted by Gasteiger charge is 2.09. The van der Waals surface area contributed by atoms with Crippen LogP contribution in [0.15, 0.2) is 51.4 Å². The van der Waals surface area contributed by atoms with Crippen LogP contribution in [-0.2, 0) is 6.61 Å². The lowest BCUT2D eigenvalue weighted by molar-refractivity contribution is 0.301. The maximum Gasteiger partial charge on any atom is 0.125 e. The van der Waals surface area contributed by atoms with E-state index in [2.05, 4.69) is 31.9 Å². The molecule has 2 aromatic carbocycles. The van der Waals surface area contributed by atoms with Gasteiger partial charge in [0.25, 0.3) is 0 Å². The van der Waals surface area contributed by atoms with Gasteiger partial charge in [0.2, 0.25) is 0 Å². The fourth-order valence-electron chi connectivity index (χ4n) is 1.75. The Kier molecular flexibility index (Phi) is 5.02. The molecule has 0 radical (unpaired) electrons. The Morgan fingerprint density at radius 2 is 1.68 bits per heavy atom. The molecule has 2 N–H and O–H groups in total. The number of benzene rings is 2. The molecule has 2 nitrogen and oxygen atoms in total. The molecule has 0 saturated heterocycles. The molecular formula is C15H15Br2NO. The Bertz CT molecular complexity index is 553. The van der Waals surface area contributed by atoms with Crippen molar-refractivity contribution in [3.63, 3.8) is 0 Å². The fraction of sp³-hybridized carbons (Fsp3) is 0.200. The van der Waals surface area contributed by atoms with Crippen LogP contribution in [0, 0.1) is 0 Å². The van der Waals surface area contributed by atoms with E-state index < -0.39 is 0 Å². The third-order valence-electron chi connectivity index (χ3n) is 2.77. The van der Waals surface area contributed by atoms with E-state index in [1.54, 1.807) is 0 Å². The average Bonchev–Trinajstić information content (AvgIpc) is 2.38. The van der Waals surface area contributed by atoms with Crippen LogP contribution >= 0.6 is 31.9 Å². The summed E-state index contributed by atoms with van der Waals surface area (Å²) in [6.45, 7) is 2.49. The van der Waals surface area contributed by atoms with Gasteiger partial charge in [0.15, 0.2) is 0 Å². The van der Waals surface area contributed by atoms with Crippen molar-refractivity contribution in [1.82, 2.24) is 0 Å². The first-order valence-corrected chi connectivity index (χ1v) is 7.57. The highest BCUT2D eigenvalue weighted by atomic mass is 79.9. The van der Waals surface area contributed by atoms with Crippen molar-refractivity contribution in [1.29, 1.82) is 0 Å². The molecule has 0 bridgehead atoms. The zero-order chi connectivity index (χ0) is 13.8. The van der Waals surface area contributed by atoms with Crippen molar-refractivity contribution >= 4 is 31.9 Å². The maximum absolute atomic E-state index is 5.95. The topological polar surface area (TPSA) is 35.2 Å². The molecule has 0 aliphatic heterocycles. The summed E-state index contributed by atoms with van der Waals surface area (Å²) in [6, 6.07) is 14.0. The van der Waals surface area contributed by atoms with Crippen LogP contribution < -0.4 is 10.5 Å². The van der Waals surface area contributed by atoms with Crippen molar-refractivity contribution in [2.24, 2.45) is 5.73 Å². The largest absolute Gasteiger partial charge is 0.489 e. The lowest BCUT2D eigenvalue weighted by Gasteiger charge is -2.14. The maximum atomic E-state index is 5.95. The van der Waals surface area contributed by atoms with Gasteiger partial charge in [-0.2, -0.15) is 0 Å². The number of hydrogen-bond acceptors (Lipinski definition) is 2. The lowest BCUT2D eigenvalue weighted by atomic mass is 10.1. The highest BCUT2D eigenvalue weighted by Crippen LogP contribution is 2.28. The van der Waals surface area contributed by atoms with Gasteiger partial charge < -0.3 is 10.5 Å². The third kappa shape index (κ3) is 4.06. The molecule has 0 heterocycles. The van der Waals surface area contributed by atoms with Gasteiger partial charge in [0.1, 0.15) is 12.4 Å². The molecule has 0 saturated carbocycles. The smallest absolute Gasteiger partial charge is 0.125 e. The quantitative estimate of drug-likeness (QED) is 0.820. The minimum absolute atomic E-state index is 0.0481. The molecule has 0 aromatic heterocycles. The minimum Gasteiger partial charge on any atom is -0.489 e. The van der Waals surface area contributed by atoms with Crippen LogP contribution in [0.2, 0.25) is 0 Å². The van der Waals surface area contributed by atoms with E-state index in [1.165, 1.54) is 0 Å². The summed E-state index contributed by atoms with van der Waals surface area (Å²) in [6.07, 6.45) is 0. The van der Waals surface area contributed by atoms with E-state index in [0.29, 0.717) is 6.61 Å². The monoisotopic (exact) mass is 383 g/mol. The van der Waals surface area contributed by atoms with Gasteiger partial charge in [-0.05, 0) is 36.8 Å². The SMILES string of the molecule is C[C@H](N)c1ccc(Br)cc1OCc1ccc(Br)cc1. The van der Waals surface area contributed by atoms with Crippen molar-refractivity contribution in [2.45, 2.75) is 19.6 Å². The summed E-state index contributed by atoms with van der Waals surface area (Å²) in [4.78, 5) is 0. The second-order valence-electron chi connectivity index (χ2n) is 4.39. The predicted octanol–water partition coefficient (Wildman–Crippen LogP) is 4.81. The minimum atomic E-state index is -0.0481. The van der Waals surface area contributed by atoms with Gasteiger partial charge in [0, 0.05) is 20.6 Å². The van der Waals surface area contributed by atoms with E-state index in [1.807, 2.05) is 49.4 Å². The summed E-state index contributed by atoms with van der Waals surface area (Å²) < 4.78 is 7.93. The van der Waals surface area contributed by atoms with E-state index in [-0.39, 0.29) is 6.04 Å². The van der Waals surface area contributed by atoms with Crippen molar-refractivity contribution < 1.29 is 4.74 Å². The van der Waals surface area contributed by atoms with Crippen LogP contribution in [0.3, 0.4) is 0 Å². The molecule has 2 rings (SSSR count). The molecule has 2 aromatic rings. The first-order chi connectivity index (χ1) is 9.06. The first-order valence-electron chi connectivity index (χ1n) is 5.98. The van der Waals surface area contributed by atoms with Crippen molar-refractivity contribution in [2.75, 3.05) is 0 Å². The van der Waals surface area contributed by atoms with Crippen LogP contribution in [-0.4, -0.2) is 0 Å². The van der Waals surface area contributed by atoms with E-state index in [0.717, 1.165) is 25.8 Å². The summed E-state index contributed by atoms with van der Waals surface area (Å²) in [5.41, 5.74) is 8.09. The molecule has 0 spiro atoms. The van der Waals surface area contributed by atoms with Gasteiger partial charge >= 0.3 is 0 Å². The van der Waals surface area contributed by atoms with Crippen LogP contribution in [0.5, 0.6) is 5.75 Å². The molecule has 4 heteroatoms. The van der Waals surface area contributed by atoms with Crippen molar-refractivity contribution in [3.05, 3.63) is 62.5 Å². The average molecular weight is 385 g/mol. The summed E-state index contributed by atoms with van der Waals surface area (Å²) in [5.74, 6) is 0.826. The van der Waals surface area contributed by atoms with E-state index in [9.17, 15) is 0 Å². The molecule has 0 aliphatic rings. The Labute approximate surface area is 130 Å². The molecular weight excluding hydrogens is 370 g/mol. The normalized spacial score (nSPS) is 12.2. The number of nitrogens with two attached hydrogens (primary N) is 1. The molecule has 100 valence electrons. The van der Waals surface area contributed by atoms with E-state index in [4.69, 9.17) is 10.5 Å². The number of halogens is 2. The lowest BCUT2D eigenvalue weighted by Crippen LogP contribution is -2.08. The summed E-state index contributed by atoms with van der Waals surface area (Å²) >= 11 is 6.87. The predicted molar refractivity (Wildman–Crippen MR) is 85.2 cm³/mol. The summed E-state index contributed by atoms with van der Waals surface area (Å²) in [7, 11) is 0. The third-order valence-corrected chi connectivity index (χ3v) is 3.80. The van der Waals surface area contributed by atoms with Crippen molar-refractivity contribution in [3.8, 4) is 5.75 Å². The zero-order valence-corrected chi connectivity index (χ0v) is 13.7. The zero-order valence-electron chi connectivity index (χ0n) is 10.6. The molecule has 19 heavy (non-hydrogen) atoms. The van der Waals surface area contributed by atoms with E-state index >= 15 is 0 Å². The fourth-order valence-corrected chi connectivity index (χ4v) is 2.36. The van der Waals surface area contributed by atoms with Crippen LogP contribution in [0.4, 0.5) is 0 Å². The second kappa shape index (κ2) is 6.55. The summed E-state index contributed by atoms with van der Waals surface area (Å²) in [5, 5.41) is 0. The van der Waals surface area contributed by atoms with Gasteiger partial charge in [-0.15, -0.1) is 0 Å². The highest BCUT2D eigenvalue weighted by molar-refractivity contribution is 9.10. The van der Waals surface area contributed by atoms with Gasteiger partial charge in [0.05, 0.1) is 0 Å². The molecule has 0 aliphatic carbocycles. The Hall–Kier alpha value is -0.840. The number of rotatable bonds is 4. The molecule has 1 atom stereocenters. The van der Waals surface area contributed by atoms with Gasteiger partial charge in [-0.25, -0.2) is 0 Å². The second-order valence-corrected chi connectivity index (χ2v) is 6.22. The Balaban J connectivity index is 2.14. The first kappa shape index (κ1) is 14.6. The van der Waals surface area contributed by atoms with Crippen LogP contribution in [0.25, 0.3) is 0 Å². The number of ether oxygens (including phenoxy) is 1.